The van der Waals surface area contributed by atoms with Crippen LogP contribution in [0.4, 0.5) is 0 Å². The predicted octanol–water partition coefficient (Wildman–Crippen LogP) is 1.86. The van der Waals surface area contributed by atoms with E-state index in [2.05, 4.69) is 5.32 Å². The fraction of sp³-hybridized carbons (Fsp3) is 0.733. The number of hydrogen-bond acceptors (Lipinski definition) is 2. The van der Waals surface area contributed by atoms with Crippen molar-refractivity contribution in [3.8, 4) is 0 Å². The van der Waals surface area contributed by atoms with E-state index in [1.807, 2.05) is 19.1 Å². The summed E-state index contributed by atoms with van der Waals surface area (Å²) >= 11 is 0. The van der Waals surface area contributed by atoms with Gasteiger partial charge in [0.1, 0.15) is 12.1 Å². The maximum absolute atomic E-state index is 12.3. The zero-order chi connectivity index (χ0) is 13.8. The lowest BCUT2D eigenvalue weighted by molar-refractivity contribution is -0.150. The summed E-state index contributed by atoms with van der Waals surface area (Å²) < 4.78 is 0. The Bertz CT molecular complexity index is 372. The SMILES string of the molecule is C/C=C/CN1C(=O)C(C)NC(=O)C1C1CCCCC1. The van der Waals surface area contributed by atoms with Crippen molar-refractivity contribution in [1.82, 2.24) is 10.2 Å². The van der Waals surface area contributed by atoms with Crippen molar-refractivity contribution >= 4 is 11.8 Å². The van der Waals surface area contributed by atoms with Gasteiger partial charge in [-0.2, -0.15) is 0 Å². The van der Waals surface area contributed by atoms with Crippen molar-refractivity contribution in [2.24, 2.45) is 5.92 Å². The first-order valence-electron chi connectivity index (χ1n) is 7.37. The summed E-state index contributed by atoms with van der Waals surface area (Å²) in [6.45, 7) is 4.25. The molecule has 0 radical (unpaired) electrons. The first-order valence-corrected chi connectivity index (χ1v) is 7.37. The van der Waals surface area contributed by atoms with Crippen LogP contribution in [-0.2, 0) is 9.59 Å². The van der Waals surface area contributed by atoms with Gasteiger partial charge >= 0.3 is 0 Å². The minimum Gasteiger partial charge on any atom is -0.343 e. The number of allylic oxidation sites excluding steroid dienone is 1. The molecule has 1 heterocycles. The molecule has 1 saturated carbocycles. The number of carbonyl (C=O) groups excluding carboxylic acids is 2. The second kappa shape index (κ2) is 6.22. The molecule has 4 nitrogen and oxygen atoms in total. The summed E-state index contributed by atoms with van der Waals surface area (Å²) in [4.78, 5) is 26.4. The molecule has 0 aromatic carbocycles. The fourth-order valence-corrected chi connectivity index (χ4v) is 3.23. The Labute approximate surface area is 115 Å². The number of amides is 2. The molecule has 2 aliphatic rings. The van der Waals surface area contributed by atoms with E-state index < -0.39 is 6.04 Å². The first-order chi connectivity index (χ1) is 9.15. The number of hydrogen-bond donors (Lipinski definition) is 1. The molecule has 0 aromatic rings. The summed E-state index contributed by atoms with van der Waals surface area (Å²) in [5, 5.41) is 2.83. The van der Waals surface area contributed by atoms with Gasteiger partial charge in [0.15, 0.2) is 0 Å². The molecule has 4 heteroatoms. The van der Waals surface area contributed by atoms with Crippen molar-refractivity contribution < 1.29 is 9.59 Å². The number of nitrogens with zero attached hydrogens (tertiary/aromatic N) is 1. The summed E-state index contributed by atoms with van der Waals surface area (Å²) in [7, 11) is 0. The van der Waals surface area contributed by atoms with E-state index in [4.69, 9.17) is 0 Å². The lowest BCUT2D eigenvalue weighted by Crippen LogP contribution is -2.64. The molecule has 2 amide bonds. The minimum atomic E-state index is -0.391. The quantitative estimate of drug-likeness (QED) is 0.791. The fourth-order valence-electron chi connectivity index (χ4n) is 3.23. The van der Waals surface area contributed by atoms with Gasteiger partial charge in [-0.25, -0.2) is 0 Å². The van der Waals surface area contributed by atoms with Crippen molar-refractivity contribution in [3.05, 3.63) is 12.2 Å². The van der Waals surface area contributed by atoms with Gasteiger partial charge in [0, 0.05) is 6.54 Å². The average molecular weight is 264 g/mol. The van der Waals surface area contributed by atoms with Crippen LogP contribution in [0.3, 0.4) is 0 Å². The van der Waals surface area contributed by atoms with Crippen molar-refractivity contribution in [3.63, 3.8) is 0 Å². The van der Waals surface area contributed by atoms with E-state index in [-0.39, 0.29) is 17.9 Å². The van der Waals surface area contributed by atoms with Gasteiger partial charge in [0.2, 0.25) is 11.8 Å². The molecular weight excluding hydrogens is 240 g/mol. The van der Waals surface area contributed by atoms with Gasteiger partial charge in [0.25, 0.3) is 0 Å². The van der Waals surface area contributed by atoms with Gasteiger partial charge in [-0.3, -0.25) is 9.59 Å². The highest BCUT2D eigenvalue weighted by molar-refractivity contribution is 5.97. The number of nitrogens with one attached hydrogen (secondary N) is 1. The molecule has 1 N–H and O–H groups in total. The molecule has 1 aliphatic heterocycles. The molecule has 2 rings (SSSR count). The Morgan fingerprint density at radius 1 is 1.26 bits per heavy atom. The van der Waals surface area contributed by atoms with Crippen LogP contribution >= 0.6 is 0 Å². The minimum absolute atomic E-state index is 0.0310. The van der Waals surface area contributed by atoms with Crippen LogP contribution in [0.15, 0.2) is 12.2 Å². The summed E-state index contributed by atoms with van der Waals surface area (Å²) in [6.07, 6.45) is 9.62. The molecule has 2 unspecified atom stereocenters. The third kappa shape index (κ3) is 2.99. The maximum Gasteiger partial charge on any atom is 0.245 e. The highest BCUT2D eigenvalue weighted by Crippen LogP contribution is 2.30. The van der Waals surface area contributed by atoms with Crippen LogP contribution in [0, 0.1) is 5.92 Å². The number of rotatable bonds is 3. The molecule has 19 heavy (non-hydrogen) atoms. The third-order valence-electron chi connectivity index (χ3n) is 4.25. The van der Waals surface area contributed by atoms with Gasteiger partial charge in [-0.05, 0) is 32.6 Å². The highest BCUT2D eigenvalue weighted by Gasteiger charge is 2.42. The van der Waals surface area contributed by atoms with Crippen LogP contribution in [-0.4, -0.2) is 35.3 Å². The van der Waals surface area contributed by atoms with Gasteiger partial charge in [0.05, 0.1) is 0 Å². The molecule has 2 atom stereocenters. The monoisotopic (exact) mass is 264 g/mol. The van der Waals surface area contributed by atoms with E-state index in [1.54, 1.807) is 11.8 Å². The second-order valence-electron chi connectivity index (χ2n) is 5.63. The van der Waals surface area contributed by atoms with Crippen molar-refractivity contribution in [1.29, 1.82) is 0 Å². The van der Waals surface area contributed by atoms with E-state index in [0.29, 0.717) is 12.5 Å². The first kappa shape index (κ1) is 14.1. The number of carbonyl (C=O) groups is 2. The smallest absolute Gasteiger partial charge is 0.245 e. The molecule has 1 aliphatic carbocycles. The summed E-state index contributed by atoms with van der Waals surface area (Å²) in [6, 6.07) is -0.655. The van der Waals surface area contributed by atoms with Crippen LogP contribution < -0.4 is 5.32 Å². The van der Waals surface area contributed by atoms with E-state index in [0.717, 1.165) is 12.8 Å². The Morgan fingerprint density at radius 3 is 2.58 bits per heavy atom. The molecule has 1 saturated heterocycles. The Kier molecular flexibility index (Phi) is 4.61. The molecule has 0 bridgehead atoms. The van der Waals surface area contributed by atoms with Crippen LogP contribution in [0.5, 0.6) is 0 Å². The van der Waals surface area contributed by atoms with E-state index in [1.165, 1.54) is 19.3 Å². The van der Waals surface area contributed by atoms with Crippen molar-refractivity contribution in [2.45, 2.75) is 58.0 Å². The van der Waals surface area contributed by atoms with E-state index in [9.17, 15) is 9.59 Å². The number of piperazine rings is 1. The topological polar surface area (TPSA) is 49.4 Å². The van der Waals surface area contributed by atoms with Gasteiger partial charge in [-0.1, -0.05) is 31.4 Å². The highest BCUT2D eigenvalue weighted by atomic mass is 16.2. The Balaban J connectivity index is 2.18. The lowest BCUT2D eigenvalue weighted by Gasteiger charge is -2.42. The maximum atomic E-state index is 12.3. The van der Waals surface area contributed by atoms with Crippen LogP contribution in [0.25, 0.3) is 0 Å². The van der Waals surface area contributed by atoms with E-state index >= 15 is 0 Å². The molecule has 0 aromatic heterocycles. The Hall–Kier alpha value is -1.32. The van der Waals surface area contributed by atoms with Crippen LogP contribution in [0.2, 0.25) is 0 Å². The van der Waals surface area contributed by atoms with Gasteiger partial charge in [-0.15, -0.1) is 0 Å². The molecule has 0 spiro atoms. The summed E-state index contributed by atoms with van der Waals surface area (Å²) in [5.74, 6) is 0.409. The zero-order valence-electron chi connectivity index (χ0n) is 11.9. The third-order valence-corrected chi connectivity index (χ3v) is 4.25. The second-order valence-corrected chi connectivity index (χ2v) is 5.63. The largest absolute Gasteiger partial charge is 0.343 e. The molecular formula is C15H24N2O2. The summed E-state index contributed by atoms with van der Waals surface area (Å²) in [5.41, 5.74) is 0. The normalized spacial score (nSPS) is 29.9. The van der Waals surface area contributed by atoms with Crippen LogP contribution in [0.1, 0.15) is 46.0 Å². The predicted molar refractivity (Wildman–Crippen MR) is 74.5 cm³/mol. The standard InChI is InChI=1S/C15H24N2O2/c1-3-4-10-17-13(12-8-6-5-7-9-12)14(18)16-11(2)15(17)19/h3-4,11-13H,5-10H2,1-2H3,(H,16,18)/b4-3+. The Morgan fingerprint density at radius 2 is 1.95 bits per heavy atom. The molecule has 106 valence electrons. The van der Waals surface area contributed by atoms with Gasteiger partial charge < -0.3 is 10.2 Å². The van der Waals surface area contributed by atoms with Crippen molar-refractivity contribution in [2.75, 3.05) is 6.54 Å². The lowest BCUT2D eigenvalue weighted by atomic mass is 9.81. The zero-order valence-corrected chi connectivity index (χ0v) is 11.9. The average Bonchev–Trinajstić information content (AvgIpc) is 2.42. The molecule has 2 fully saturated rings.